The zero-order valence-corrected chi connectivity index (χ0v) is 9.48. The molecule has 0 N–H and O–H groups in total. The van der Waals surface area contributed by atoms with Crippen molar-refractivity contribution in [3.63, 3.8) is 0 Å². The largest absolute Gasteiger partial charge is 0.493 e. The van der Waals surface area contributed by atoms with Crippen LogP contribution in [0.3, 0.4) is 0 Å². The summed E-state index contributed by atoms with van der Waals surface area (Å²) in [6.07, 6.45) is 3.65. The summed E-state index contributed by atoms with van der Waals surface area (Å²) in [5.74, 6) is 0.750. The summed E-state index contributed by atoms with van der Waals surface area (Å²) < 4.78 is 6.98. The molecule has 4 nitrogen and oxygen atoms in total. The molecule has 0 aliphatic heterocycles. The molecular formula is C11H15N3O. The highest BCUT2D eigenvalue weighted by molar-refractivity contribution is 5.53. The van der Waals surface area contributed by atoms with E-state index in [1.54, 1.807) is 17.8 Å². The Morgan fingerprint density at radius 3 is 2.67 bits per heavy atom. The molecule has 2 rings (SSSR count). The predicted octanol–water partition coefficient (Wildman–Crippen LogP) is 2.04. The van der Waals surface area contributed by atoms with Crippen molar-refractivity contribution in [2.24, 2.45) is 0 Å². The molecule has 0 radical (unpaired) electrons. The van der Waals surface area contributed by atoms with Gasteiger partial charge in [-0.2, -0.15) is 5.10 Å². The van der Waals surface area contributed by atoms with Crippen molar-refractivity contribution in [1.82, 2.24) is 14.6 Å². The average molecular weight is 205 g/mol. The van der Waals surface area contributed by atoms with E-state index in [9.17, 15) is 0 Å². The van der Waals surface area contributed by atoms with Crippen LogP contribution < -0.4 is 4.74 Å². The summed E-state index contributed by atoms with van der Waals surface area (Å²) in [7, 11) is 1.64. The Morgan fingerprint density at radius 2 is 2.07 bits per heavy atom. The first-order valence-corrected chi connectivity index (χ1v) is 4.91. The maximum Gasteiger partial charge on any atom is 0.196 e. The molecule has 0 aliphatic carbocycles. The Morgan fingerprint density at radius 1 is 1.33 bits per heavy atom. The van der Waals surface area contributed by atoms with Crippen LogP contribution in [-0.4, -0.2) is 21.7 Å². The molecule has 2 aromatic rings. The van der Waals surface area contributed by atoms with Gasteiger partial charge in [-0.15, -0.1) is 0 Å². The van der Waals surface area contributed by atoms with Gasteiger partial charge in [-0.1, -0.05) is 20.8 Å². The third kappa shape index (κ3) is 1.67. The van der Waals surface area contributed by atoms with Crippen LogP contribution in [0, 0.1) is 0 Å². The van der Waals surface area contributed by atoms with Gasteiger partial charge in [0.2, 0.25) is 0 Å². The first kappa shape index (κ1) is 9.96. The molecule has 0 fully saturated rings. The van der Waals surface area contributed by atoms with Gasteiger partial charge in [0.25, 0.3) is 0 Å². The van der Waals surface area contributed by atoms with Crippen molar-refractivity contribution >= 4 is 5.65 Å². The fraction of sp³-hybridized carbons (Fsp3) is 0.455. The molecule has 0 saturated heterocycles. The molecule has 2 aromatic heterocycles. The van der Waals surface area contributed by atoms with Gasteiger partial charge in [0.1, 0.15) is 0 Å². The van der Waals surface area contributed by atoms with Crippen molar-refractivity contribution < 1.29 is 4.74 Å². The molecule has 0 spiro atoms. The van der Waals surface area contributed by atoms with Crippen LogP contribution in [0.15, 0.2) is 18.5 Å². The van der Waals surface area contributed by atoms with Crippen LogP contribution in [0.5, 0.6) is 5.75 Å². The van der Waals surface area contributed by atoms with Crippen molar-refractivity contribution in [1.29, 1.82) is 0 Å². The molecule has 4 heteroatoms. The lowest BCUT2D eigenvalue weighted by atomic mass is 9.93. The van der Waals surface area contributed by atoms with Gasteiger partial charge in [0, 0.05) is 11.5 Å². The van der Waals surface area contributed by atoms with Gasteiger partial charge < -0.3 is 4.74 Å². The molecule has 15 heavy (non-hydrogen) atoms. The number of imidazole rings is 1. The fourth-order valence-electron chi connectivity index (χ4n) is 1.40. The second kappa shape index (κ2) is 3.22. The minimum atomic E-state index is 0.0265. The number of nitrogens with zero attached hydrogens (tertiary/aromatic N) is 3. The van der Waals surface area contributed by atoms with Gasteiger partial charge >= 0.3 is 0 Å². The van der Waals surface area contributed by atoms with Gasteiger partial charge in [0.05, 0.1) is 25.2 Å². The fourth-order valence-corrected chi connectivity index (χ4v) is 1.40. The van der Waals surface area contributed by atoms with Gasteiger partial charge in [-0.3, -0.25) is 0 Å². The molecule has 0 aliphatic rings. The Labute approximate surface area is 88.9 Å². The van der Waals surface area contributed by atoms with Crippen molar-refractivity contribution in [2.75, 3.05) is 7.11 Å². The highest BCUT2D eigenvalue weighted by atomic mass is 16.5. The topological polar surface area (TPSA) is 39.4 Å². The van der Waals surface area contributed by atoms with E-state index in [2.05, 4.69) is 30.9 Å². The van der Waals surface area contributed by atoms with E-state index < -0.39 is 0 Å². The van der Waals surface area contributed by atoms with Crippen molar-refractivity contribution in [3.05, 3.63) is 24.2 Å². The third-order valence-corrected chi connectivity index (χ3v) is 2.31. The summed E-state index contributed by atoms with van der Waals surface area (Å²) in [6, 6.07) is 1.81. The Hall–Kier alpha value is -1.58. The third-order valence-electron chi connectivity index (χ3n) is 2.31. The summed E-state index contributed by atoms with van der Waals surface area (Å²) in [4.78, 5) is 4.53. The number of aromatic nitrogens is 3. The lowest BCUT2D eigenvalue weighted by Crippen LogP contribution is -2.11. The summed E-state index contributed by atoms with van der Waals surface area (Å²) >= 11 is 0. The number of hydrogen-bond acceptors (Lipinski definition) is 3. The van der Waals surface area contributed by atoms with E-state index in [1.165, 1.54) is 0 Å². The van der Waals surface area contributed by atoms with Crippen LogP contribution in [0.25, 0.3) is 5.65 Å². The number of methoxy groups -OCH3 is 1. The quantitative estimate of drug-likeness (QED) is 0.715. The van der Waals surface area contributed by atoms with E-state index in [4.69, 9.17) is 4.74 Å². The molecule has 0 bridgehead atoms. The summed E-state index contributed by atoms with van der Waals surface area (Å²) in [6.45, 7) is 6.38. The van der Waals surface area contributed by atoms with Crippen LogP contribution in [0.4, 0.5) is 0 Å². The summed E-state index contributed by atoms with van der Waals surface area (Å²) in [5, 5.41) is 4.20. The van der Waals surface area contributed by atoms with Crippen molar-refractivity contribution in [2.45, 2.75) is 26.2 Å². The van der Waals surface area contributed by atoms with Gasteiger partial charge in [-0.05, 0) is 0 Å². The van der Waals surface area contributed by atoms with Gasteiger partial charge in [-0.25, -0.2) is 9.50 Å². The number of rotatable bonds is 1. The Bertz CT molecular complexity index is 482. The van der Waals surface area contributed by atoms with E-state index in [-0.39, 0.29) is 5.41 Å². The maximum atomic E-state index is 5.23. The SMILES string of the molecule is COc1ccnn2cc(C(C)(C)C)nc12. The number of hydrogen-bond donors (Lipinski definition) is 0. The molecular weight excluding hydrogens is 190 g/mol. The van der Waals surface area contributed by atoms with Crippen LogP contribution in [-0.2, 0) is 5.41 Å². The molecule has 0 unspecified atom stereocenters. The van der Waals surface area contributed by atoms with Gasteiger partial charge in [0.15, 0.2) is 11.4 Å². The maximum absolute atomic E-state index is 5.23. The van der Waals surface area contributed by atoms with Crippen molar-refractivity contribution in [3.8, 4) is 5.75 Å². The second-order valence-corrected chi connectivity index (χ2v) is 4.54. The lowest BCUT2D eigenvalue weighted by Gasteiger charge is -2.13. The number of ether oxygens (including phenoxy) is 1. The van der Waals surface area contributed by atoms with E-state index in [0.29, 0.717) is 0 Å². The van der Waals surface area contributed by atoms with E-state index >= 15 is 0 Å². The number of fused-ring (bicyclic) bond motifs is 1. The first-order chi connectivity index (χ1) is 7.02. The zero-order chi connectivity index (χ0) is 11.1. The molecule has 0 amide bonds. The molecule has 0 saturated carbocycles. The first-order valence-electron chi connectivity index (χ1n) is 4.91. The highest BCUT2D eigenvalue weighted by Gasteiger charge is 2.19. The minimum Gasteiger partial charge on any atom is -0.493 e. The molecule has 0 atom stereocenters. The summed E-state index contributed by atoms with van der Waals surface area (Å²) in [5.41, 5.74) is 1.81. The highest BCUT2D eigenvalue weighted by Crippen LogP contribution is 2.24. The van der Waals surface area contributed by atoms with Crippen LogP contribution in [0.2, 0.25) is 0 Å². The smallest absolute Gasteiger partial charge is 0.196 e. The predicted molar refractivity (Wildman–Crippen MR) is 58.2 cm³/mol. The molecule has 2 heterocycles. The average Bonchev–Trinajstić information content (AvgIpc) is 2.59. The van der Waals surface area contributed by atoms with Crippen LogP contribution in [0.1, 0.15) is 26.5 Å². The van der Waals surface area contributed by atoms with E-state index in [1.807, 2.05) is 12.3 Å². The minimum absolute atomic E-state index is 0.0265. The second-order valence-electron chi connectivity index (χ2n) is 4.54. The zero-order valence-electron chi connectivity index (χ0n) is 9.48. The normalized spacial score (nSPS) is 12.0. The monoisotopic (exact) mass is 205 g/mol. The lowest BCUT2D eigenvalue weighted by molar-refractivity contribution is 0.415. The van der Waals surface area contributed by atoms with Crippen LogP contribution >= 0.6 is 0 Å². The molecule has 80 valence electrons. The Balaban J connectivity index is 2.65. The van der Waals surface area contributed by atoms with E-state index in [0.717, 1.165) is 17.1 Å². The molecule has 0 aromatic carbocycles. The standard InChI is InChI=1S/C11H15N3O/c1-11(2,3)9-7-14-10(13-9)8(15-4)5-6-12-14/h5-7H,1-4H3. The Kier molecular flexibility index (Phi) is 2.14.